The first-order valence-electron chi connectivity index (χ1n) is 11.6. The summed E-state index contributed by atoms with van der Waals surface area (Å²) < 4.78 is 38.2. The zero-order valence-corrected chi connectivity index (χ0v) is 21.9. The smallest absolute Gasteiger partial charge is 0.252 e. The van der Waals surface area contributed by atoms with E-state index in [9.17, 15) is 13.2 Å². The average molecular weight is 519 g/mol. The van der Waals surface area contributed by atoms with Crippen molar-refractivity contribution < 1.29 is 8.42 Å². The number of benzene rings is 3. The van der Waals surface area contributed by atoms with E-state index in [-0.39, 0.29) is 23.5 Å². The molecule has 9 heteroatoms. The molecule has 0 aliphatic carbocycles. The summed E-state index contributed by atoms with van der Waals surface area (Å²) in [5.41, 5.74) is 5.52. The van der Waals surface area contributed by atoms with Crippen molar-refractivity contribution in [2.24, 2.45) is 0 Å². The molecule has 0 fully saturated rings. The topological polar surface area (TPSA) is 96.0 Å². The van der Waals surface area contributed by atoms with E-state index < -0.39 is 10.0 Å². The zero-order valence-electron chi connectivity index (χ0n) is 20.3. The Balaban J connectivity index is 1.60. The molecule has 36 heavy (non-hydrogen) atoms. The first kappa shape index (κ1) is 24.3. The summed E-state index contributed by atoms with van der Waals surface area (Å²) in [6.45, 7) is 5.89. The number of nitrogens with one attached hydrogen (secondary N) is 1. The highest BCUT2D eigenvalue weighted by Gasteiger charge is 2.30. The molecule has 0 atom stereocenters. The highest BCUT2D eigenvalue weighted by Crippen LogP contribution is 2.29. The highest BCUT2D eigenvalue weighted by atomic mass is 32.2. The van der Waals surface area contributed by atoms with Crippen molar-refractivity contribution in [3.05, 3.63) is 98.8 Å². The molecule has 0 unspecified atom stereocenters. The van der Waals surface area contributed by atoms with Crippen LogP contribution in [-0.4, -0.2) is 33.0 Å². The molecule has 0 radical (unpaired) electrons. The van der Waals surface area contributed by atoms with E-state index in [2.05, 4.69) is 13.7 Å². The van der Waals surface area contributed by atoms with Gasteiger partial charge < -0.3 is 4.98 Å². The Morgan fingerprint density at radius 1 is 0.917 bits per heavy atom. The van der Waals surface area contributed by atoms with E-state index in [4.69, 9.17) is 0 Å². The van der Waals surface area contributed by atoms with E-state index in [1.165, 1.54) is 4.31 Å². The van der Waals surface area contributed by atoms with Crippen molar-refractivity contribution in [2.75, 3.05) is 6.54 Å². The number of aromatic amines is 1. The molecule has 1 N–H and O–H groups in total. The van der Waals surface area contributed by atoms with Gasteiger partial charge in [-0.2, -0.15) is 13.1 Å². The fraction of sp³-hybridized carbons (Fsp3) is 0.222. The molecule has 0 saturated heterocycles. The minimum absolute atomic E-state index is 0.0548. The zero-order chi connectivity index (χ0) is 25.4. The molecule has 184 valence electrons. The molecule has 0 amide bonds. The largest absolute Gasteiger partial charge is 0.322 e. The molecule has 2 aromatic heterocycles. The first-order chi connectivity index (χ1) is 17.2. The molecule has 5 aromatic rings. The fourth-order valence-electron chi connectivity index (χ4n) is 4.47. The summed E-state index contributed by atoms with van der Waals surface area (Å²) in [5.74, 6) is 0. The summed E-state index contributed by atoms with van der Waals surface area (Å²) in [6, 6.07) is 19.0. The molecule has 7 nitrogen and oxygen atoms in total. The number of aromatic nitrogens is 3. The SMILES string of the molecule is Cc1ccc2cc(CN(CCc3ccccc3C)S(=O)(=O)c3c(C)ccc4nsnc34)c(=O)[nH]c2c1. The lowest BCUT2D eigenvalue weighted by Gasteiger charge is -2.24. The first-order valence-corrected chi connectivity index (χ1v) is 13.8. The second-order valence-electron chi connectivity index (χ2n) is 9.07. The van der Waals surface area contributed by atoms with Gasteiger partial charge in [0.05, 0.1) is 11.7 Å². The van der Waals surface area contributed by atoms with Gasteiger partial charge in [-0.15, -0.1) is 0 Å². The van der Waals surface area contributed by atoms with Gasteiger partial charge in [0.25, 0.3) is 5.56 Å². The maximum Gasteiger partial charge on any atom is 0.252 e. The van der Waals surface area contributed by atoms with Gasteiger partial charge >= 0.3 is 0 Å². The number of rotatable bonds is 7. The molecule has 0 aliphatic heterocycles. The van der Waals surface area contributed by atoms with Gasteiger partial charge in [-0.05, 0) is 73.0 Å². The van der Waals surface area contributed by atoms with Crippen LogP contribution >= 0.6 is 11.7 Å². The third-order valence-corrected chi connectivity index (χ3v) is 9.06. The van der Waals surface area contributed by atoms with Crippen molar-refractivity contribution in [3.8, 4) is 0 Å². The van der Waals surface area contributed by atoms with Crippen LogP contribution in [0.25, 0.3) is 21.9 Å². The standard InChI is InChI=1S/C27H26N4O3S2/c1-17-8-10-21-15-22(27(32)28-24(21)14-17)16-31(13-12-20-7-5-4-6-18(20)2)36(33,34)26-19(3)9-11-23-25(26)30-35-29-23/h4-11,14-15H,12-13,16H2,1-3H3,(H,28,32). The number of hydrogen-bond donors (Lipinski definition) is 1. The molecule has 0 bridgehead atoms. The average Bonchev–Trinajstić information content (AvgIpc) is 3.31. The van der Waals surface area contributed by atoms with Crippen LogP contribution < -0.4 is 5.56 Å². The lowest BCUT2D eigenvalue weighted by molar-refractivity contribution is 0.408. The lowest BCUT2D eigenvalue weighted by Crippen LogP contribution is -2.35. The fourth-order valence-corrected chi connectivity index (χ4v) is 6.84. The number of pyridine rings is 1. The van der Waals surface area contributed by atoms with E-state index in [1.807, 2.05) is 56.3 Å². The quantitative estimate of drug-likeness (QED) is 0.331. The van der Waals surface area contributed by atoms with Gasteiger partial charge in [0.2, 0.25) is 10.0 Å². The molecule has 0 saturated carbocycles. The molecule has 2 heterocycles. The van der Waals surface area contributed by atoms with E-state index in [0.717, 1.165) is 39.3 Å². The second kappa shape index (κ2) is 9.57. The maximum atomic E-state index is 14.1. The minimum Gasteiger partial charge on any atom is -0.322 e. The van der Waals surface area contributed by atoms with Gasteiger partial charge in [0.15, 0.2) is 0 Å². The maximum absolute atomic E-state index is 14.1. The van der Waals surface area contributed by atoms with Crippen LogP contribution in [0.15, 0.2) is 70.4 Å². The van der Waals surface area contributed by atoms with Crippen molar-refractivity contribution in [2.45, 2.75) is 38.6 Å². The lowest BCUT2D eigenvalue weighted by atomic mass is 10.1. The highest BCUT2D eigenvalue weighted by molar-refractivity contribution is 7.89. The Labute approximate surface area is 213 Å². The molecular formula is C27H26N4O3S2. The monoisotopic (exact) mass is 518 g/mol. The number of hydrogen-bond acceptors (Lipinski definition) is 6. The molecule has 0 spiro atoms. The van der Waals surface area contributed by atoms with Gasteiger partial charge in [0, 0.05) is 24.2 Å². The van der Waals surface area contributed by atoms with Crippen LogP contribution in [0.1, 0.15) is 27.8 Å². The van der Waals surface area contributed by atoms with E-state index in [0.29, 0.717) is 28.6 Å². The number of H-pyrrole nitrogens is 1. The molecule has 5 rings (SSSR count). The van der Waals surface area contributed by atoms with Crippen LogP contribution in [0, 0.1) is 20.8 Å². The third-order valence-electron chi connectivity index (χ3n) is 6.49. The third kappa shape index (κ3) is 4.57. The van der Waals surface area contributed by atoms with Gasteiger partial charge in [-0.1, -0.05) is 42.5 Å². The van der Waals surface area contributed by atoms with E-state index in [1.54, 1.807) is 25.1 Å². The predicted octanol–water partition coefficient (Wildman–Crippen LogP) is 4.89. The Hall–Kier alpha value is -3.40. The van der Waals surface area contributed by atoms with E-state index >= 15 is 0 Å². The number of nitrogens with zero attached hydrogens (tertiary/aromatic N) is 3. The van der Waals surface area contributed by atoms with Gasteiger partial charge in [-0.3, -0.25) is 4.79 Å². The van der Waals surface area contributed by atoms with Crippen LogP contribution in [0.3, 0.4) is 0 Å². The van der Waals surface area contributed by atoms with Crippen molar-refractivity contribution in [3.63, 3.8) is 0 Å². The van der Waals surface area contributed by atoms with Gasteiger partial charge in [0.1, 0.15) is 15.9 Å². The molecule has 3 aromatic carbocycles. The Morgan fingerprint density at radius 2 is 1.72 bits per heavy atom. The normalized spacial score (nSPS) is 12.1. The number of sulfonamides is 1. The second-order valence-corrected chi connectivity index (χ2v) is 11.5. The van der Waals surface area contributed by atoms with Gasteiger partial charge in [-0.25, -0.2) is 8.42 Å². The minimum atomic E-state index is -4.00. The molecule has 0 aliphatic rings. The summed E-state index contributed by atoms with van der Waals surface area (Å²) in [5, 5.41) is 0.855. The Bertz CT molecular complexity index is 1760. The summed E-state index contributed by atoms with van der Waals surface area (Å²) in [4.78, 5) is 16.1. The summed E-state index contributed by atoms with van der Waals surface area (Å²) in [6.07, 6.45) is 0.515. The van der Waals surface area contributed by atoms with Crippen molar-refractivity contribution in [1.29, 1.82) is 0 Å². The summed E-state index contributed by atoms with van der Waals surface area (Å²) in [7, 11) is -4.00. The van der Waals surface area contributed by atoms with Crippen molar-refractivity contribution in [1.82, 2.24) is 18.0 Å². The Morgan fingerprint density at radius 3 is 2.53 bits per heavy atom. The van der Waals surface area contributed by atoms with Crippen LogP contribution in [0.5, 0.6) is 0 Å². The number of fused-ring (bicyclic) bond motifs is 2. The predicted molar refractivity (Wildman–Crippen MR) is 144 cm³/mol. The number of aryl methyl sites for hydroxylation is 3. The van der Waals surface area contributed by atoms with Crippen LogP contribution in [-0.2, 0) is 23.0 Å². The van der Waals surface area contributed by atoms with Crippen LogP contribution in [0.4, 0.5) is 0 Å². The van der Waals surface area contributed by atoms with Crippen LogP contribution in [0.2, 0.25) is 0 Å². The Kier molecular flexibility index (Phi) is 6.46. The van der Waals surface area contributed by atoms with Crippen molar-refractivity contribution >= 4 is 43.7 Å². The molecular weight excluding hydrogens is 492 g/mol. The summed E-state index contributed by atoms with van der Waals surface area (Å²) >= 11 is 0.987.